The summed E-state index contributed by atoms with van der Waals surface area (Å²) in [5.74, 6) is 1.67. The van der Waals surface area contributed by atoms with Crippen molar-refractivity contribution in [2.24, 2.45) is 5.10 Å². The van der Waals surface area contributed by atoms with E-state index in [1.807, 2.05) is 54.6 Å². The molecule has 3 aromatic rings. The van der Waals surface area contributed by atoms with Crippen LogP contribution in [0.15, 0.2) is 76.2 Å². The van der Waals surface area contributed by atoms with Gasteiger partial charge >= 0.3 is 5.91 Å². The highest BCUT2D eigenvalue weighted by molar-refractivity contribution is 5.92. The molecule has 26 heavy (non-hydrogen) atoms. The molecule has 6 heteroatoms. The van der Waals surface area contributed by atoms with Crippen molar-refractivity contribution in [3.8, 4) is 11.5 Å². The van der Waals surface area contributed by atoms with E-state index in [0.29, 0.717) is 11.5 Å². The molecule has 1 aromatic heterocycles. The normalized spacial score (nSPS) is 10.7. The lowest BCUT2D eigenvalue weighted by molar-refractivity contribution is 0.0923. The molecule has 1 amide bonds. The number of nitrogens with one attached hydrogen (secondary N) is 1. The van der Waals surface area contributed by atoms with Gasteiger partial charge in [-0.15, -0.1) is 0 Å². The van der Waals surface area contributed by atoms with Crippen LogP contribution in [0.5, 0.6) is 11.5 Å². The van der Waals surface area contributed by atoms with E-state index in [2.05, 4.69) is 10.5 Å². The molecule has 0 saturated carbocycles. The van der Waals surface area contributed by atoms with Gasteiger partial charge in [0.05, 0.1) is 13.3 Å². The molecule has 0 bridgehead atoms. The van der Waals surface area contributed by atoms with Crippen molar-refractivity contribution in [1.29, 1.82) is 0 Å². The van der Waals surface area contributed by atoms with Crippen molar-refractivity contribution < 1.29 is 18.7 Å². The third kappa shape index (κ3) is 4.51. The van der Waals surface area contributed by atoms with Gasteiger partial charge in [0.25, 0.3) is 0 Å². The van der Waals surface area contributed by atoms with Crippen LogP contribution < -0.4 is 14.9 Å². The van der Waals surface area contributed by atoms with Crippen LogP contribution in [0.3, 0.4) is 0 Å². The van der Waals surface area contributed by atoms with Gasteiger partial charge in [0.15, 0.2) is 5.76 Å². The molecule has 0 spiro atoms. The maximum Gasteiger partial charge on any atom is 0.307 e. The van der Waals surface area contributed by atoms with Crippen LogP contribution in [0.1, 0.15) is 21.9 Å². The predicted molar refractivity (Wildman–Crippen MR) is 97.5 cm³/mol. The molecule has 0 aliphatic carbocycles. The molecule has 0 aliphatic heterocycles. The Bertz CT molecular complexity index is 888. The average Bonchev–Trinajstić information content (AvgIpc) is 3.17. The molecule has 0 aliphatic rings. The third-order valence-electron chi connectivity index (χ3n) is 3.52. The molecular formula is C20H18N2O4. The summed E-state index contributed by atoms with van der Waals surface area (Å²) < 4.78 is 16.3. The molecule has 0 saturated heterocycles. The first-order valence-corrected chi connectivity index (χ1v) is 7.99. The number of furan rings is 1. The number of hydrazone groups is 1. The zero-order valence-corrected chi connectivity index (χ0v) is 14.2. The van der Waals surface area contributed by atoms with Crippen LogP contribution in [0.2, 0.25) is 0 Å². The Balaban J connectivity index is 1.55. The van der Waals surface area contributed by atoms with E-state index in [-0.39, 0.29) is 12.4 Å². The SMILES string of the molecule is COc1ccccc1/C=N\NC(=O)c1ccc(COc2ccccc2)o1. The number of rotatable bonds is 7. The maximum absolute atomic E-state index is 12.1. The molecule has 1 heterocycles. The average molecular weight is 350 g/mol. The monoisotopic (exact) mass is 350 g/mol. The molecule has 0 atom stereocenters. The topological polar surface area (TPSA) is 73.1 Å². The Hall–Kier alpha value is -3.54. The smallest absolute Gasteiger partial charge is 0.307 e. The summed E-state index contributed by atoms with van der Waals surface area (Å²) in [7, 11) is 1.58. The number of ether oxygens (including phenoxy) is 2. The minimum atomic E-state index is -0.442. The number of methoxy groups -OCH3 is 1. The number of hydrogen-bond donors (Lipinski definition) is 1. The van der Waals surface area contributed by atoms with Gasteiger partial charge in [-0.05, 0) is 36.4 Å². The standard InChI is InChI=1S/C20H18N2O4/c1-24-18-10-6-5-7-15(18)13-21-22-20(23)19-12-11-17(26-19)14-25-16-8-3-2-4-9-16/h2-13H,14H2,1H3,(H,22,23)/b21-13-. The summed E-state index contributed by atoms with van der Waals surface area (Å²) >= 11 is 0. The van der Waals surface area contributed by atoms with E-state index in [4.69, 9.17) is 13.9 Å². The van der Waals surface area contributed by atoms with Gasteiger partial charge < -0.3 is 13.9 Å². The van der Waals surface area contributed by atoms with Crippen molar-refractivity contribution in [3.63, 3.8) is 0 Å². The van der Waals surface area contributed by atoms with Crippen LogP contribution in [0.4, 0.5) is 0 Å². The second-order valence-electron chi connectivity index (χ2n) is 5.31. The Morgan fingerprint density at radius 3 is 2.65 bits per heavy atom. The zero-order chi connectivity index (χ0) is 18.2. The van der Waals surface area contributed by atoms with Crippen molar-refractivity contribution in [1.82, 2.24) is 5.43 Å². The van der Waals surface area contributed by atoms with Gasteiger partial charge in [0, 0.05) is 5.56 Å². The highest BCUT2D eigenvalue weighted by Gasteiger charge is 2.11. The summed E-state index contributed by atoms with van der Waals surface area (Å²) in [4.78, 5) is 12.1. The van der Waals surface area contributed by atoms with Crippen LogP contribution in [-0.2, 0) is 6.61 Å². The first kappa shape index (κ1) is 17.3. The molecular weight excluding hydrogens is 332 g/mol. The lowest BCUT2D eigenvalue weighted by atomic mass is 10.2. The Morgan fingerprint density at radius 1 is 1.08 bits per heavy atom. The number of nitrogens with zero attached hydrogens (tertiary/aromatic N) is 1. The number of hydrogen-bond acceptors (Lipinski definition) is 5. The van der Waals surface area contributed by atoms with Crippen molar-refractivity contribution in [2.75, 3.05) is 7.11 Å². The fourth-order valence-electron chi connectivity index (χ4n) is 2.24. The van der Waals surface area contributed by atoms with Crippen molar-refractivity contribution in [3.05, 3.63) is 83.8 Å². The third-order valence-corrected chi connectivity index (χ3v) is 3.52. The summed E-state index contributed by atoms with van der Waals surface area (Å²) in [6.07, 6.45) is 1.51. The lowest BCUT2D eigenvalue weighted by Gasteiger charge is -2.03. The first-order chi connectivity index (χ1) is 12.8. The number of benzene rings is 2. The fraction of sp³-hybridized carbons (Fsp3) is 0.100. The van der Waals surface area contributed by atoms with E-state index in [1.165, 1.54) is 6.21 Å². The van der Waals surface area contributed by atoms with Crippen LogP contribution in [-0.4, -0.2) is 19.2 Å². The van der Waals surface area contributed by atoms with Gasteiger partial charge in [-0.25, -0.2) is 5.43 Å². The summed E-state index contributed by atoms with van der Waals surface area (Å²) in [5, 5.41) is 3.93. The zero-order valence-electron chi connectivity index (χ0n) is 14.2. The van der Waals surface area contributed by atoms with Crippen LogP contribution in [0, 0.1) is 0 Å². The molecule has 0 radical (unpaired) electrons. The van der Waals surface area contributed by atoms with Gasteiger partial charge in [0.2, 0.25) is 0 Å². The Labute approximate surface area is 151 Å². The fourth-order valence-corrected chi connectivity index (χ4v) is 2.24. The number of carbonyl (C=O) groups is 1. The summed E-state index contributed by atoms with van der Waals surface area (Å²) in [5.41, 5.74) is 3.18. The van der Waals surface area contributed by atoms with E-state index in [1.54, 1.807) is 19.2 Å². The van der Waals surface area contributed by atoms with Crippen LogP contribution in [0.25, 0.3) is 0 Å². The first-order valence-electron chi connectivity index (χ1n) is 7.99. The second kappa shape index (κ2) is 8.53. The molecule has 132 valence electrons. The number of carbonyl (C=O) groups excluding carboxylic acids is 1. The predicted octanol–water partition coefficient (Wildman–Crippen LogP) is 3.63. The molecule has 2 aromatic carbocycles. The summed E-state index contributed by atoms with van der Waals surface area (Å²) in [6.45, 7) is 0.238. The van der Waals surface area contributed by atoms with E-state index in [9.17, 15) is 4.79 Å². The largest absolute Gasteiger partial charge is 0.496 e. The maximum atomic E-state index is 12.1. The second-order valence-corrected chi connectivity index (χ2v) is 5.31. The number of amides is 1. The quantitative estimate of drug-likeness (QED) is 0.522. The van der Waals surface area contributed by atoms with E-state index >= 15 is 0 Å². The molecule has 3 rings (SSSR count). The molecule has 1 N–H and O–H groups in total. The van der Waals surface area contributed by atoms with E-state index < -0.39 is 5.91 Å². The minimum absolute atomic E-state index is 0.161. The number of para-hydroxylation sites is 2. The van der Waals surface area contributed by atoms with Crippen molar-refractivity contribution in [2.45, 2.75) is 6.61 Å². The highest BCUT2D eigenvalue weighted by atomic mass is 16.5. The van der Waals surface area contributed by atoms with Crippen LogP contribution >= 0.6 is 0 Å². The highest BCUT2D eigenvalue weighted by Crippen LogP contribution is 2.15. The van der Waals surface area contributed by atoms with Gasteiger partial charge in [-0.3, -0.25) is 4.79 Å². The van der Waals surface area contributed by atoms with Gasteiger partial charge in [-0.1, -0.05) is 30.3 Å². The molecule has 0 fully saturated rings. The van der Waals surface area contributed by atoms with Gasteiger partial charge in [-0.2, -0.15) is 5.10 Å². The lowest BCUT2D eigenvalue weighted by Crippen LogP contribution is -2.16. The van der Waals surface area contributed by atoms with Crippen molar-refractivity contribution >= 4 is 12.1 Å². The van der Waals surface area contributed by atoms with Gasteiger partial charge in [0.1, 0.15) is 23.9 Å². The molecule has 6 nitrogen and oxygen atoms in total. The van der Waals surface area contributed by atoms with E-state index in [0.717, 1.165) is 11.3 Å². The summed E-state index contributed by atoms with van der Waals surface area (Å²) in [6, 6.07) is 20.0. The molecule has 0 unspecified atom stereocenters. The minimum Gasteiger partial charge on any atom is -0.496 e. The Kier molecular flexibility index (Phi) is 5.67. The Morgan fingerprint density at radius 2 is 1.85 bits per heavy atom.